The summed E-state index contributed by atoms with van der Waals surface area (Å²) in [6, 6.07) is 9.71. The average molecular weight is 314 g/mol. The molecule has 23 heavy (non-hydrogen) atoms. The number of rotatable bonds is 5. The van der Waals surface area contributed by atoms with Crippen molar-refractivity contribution in [1.82, 2.24) is 5.43 Å². The van der Waals surface area contributed by atoms with Crippen LogP contribution < -0.4 is 10.2 Å². The van der Waals surface area contributed by atoms with Crippen LogP contribution in [-0.4, -0.2) is 28.9 Å². The Bertz CT molecular complexity index is 741. The van der Waals surface area contributed by atoms with Gasteiger partial charge in [-0.3, -0.25) is 4.79 Å². The highest BCUT2D eigenvalue weighted by Crippen LogP contribution is 2.21. The molecule has 0 aliphatic rings. The number of aromatic hydroxyl groups is 2. The number of nitrogens with zero attached hydrogens (tertiary/aromatic N) is 1. The molecule has 0 saturated carbocycles. The highest BCUT2D eigenvalue weighted by molar-refractivity contribution is 5.85. The molecule has 0 bridgehead atoms. The predicted octanol–water partition coefficient (Wildman–Crippen LogP) is 2.24. The predicted molar refractivity (Wildman–Crippen MR) is 86.9 cm³/mol. The van der Waals surface area contributed by atoms with E-state index in [0.29, 0.717) is 11.3 Å². The molecule has 0 spiro atoms. The van der Waals surface area contributed by atoms with Gasteiger partial charge in [0.15, 0.2) is 6.61 Å². The first-order valence-corrected chi connectivity index (χ1v) is 7.00. The van der Waals surface area contributed by atoms with Crippen molar-refractivity contribution < 1.29 is 19.7 Å². The van der Waals surface area contributed by atoms with Crippen molar-refractivity contribution in [3.63, 3.8) is 0 Å². The van der Waals surface area contributed by atoms with Gasteiger partial charge in [0.1, 0.15) is 17.2 Å². The third kappa shape index (κ3) is 4.47. The minimum Gasteiger partial charge on any atom is -0.508 e. The van der Waals surface area contributed by atoms with E-state index in [1.165, 1.54) is 24.4 Å². The normalized spacial score (nSPS) is 10.7. The molecule has 2 rings (SSSR count). The highest BCUT2D eigenvalue weighted by Gasteiger charge is 2.05. The maximum atomic E-state index is 11.7. The fourth-order valence-corrected chi connectivity index (χ4v) is 1.87. The van der Waals surface area contributed by atoms with Gasteiger partial charge in [-0.25, -0.2) is 5.43 Å². The lowest BCUT2D eigenvalue weighted by molar-refractivity contribution is -0.123. The topological polar surface area (TPSA) is 91.2 Å². The Labute approximate surface area is 134 Å². The standard InChI is InChI=1S/C17H18N2O4/c1-11-4-3-5-16(12(11)2)23-10-17(22)19-18-9-13-6-7-14(20)8-15(13)21/h3-9,20-21H,10H2,1-2H3,(H,19,22)/b18-9-. The maximum absolute atomic E-state index is 11.7. The number of nitrogens with one attached hydrogen (secondary N) is 1. The number of benzene rings is 2. The fraction of sp³-hybridized carbons (Fsp3) is 0.176. The molecule has 0 radical (unpaired) electrons. The number of phenolic OH excluding ortho intramolecular Hbond substituents is 2. The summed E-state index contributed by atoms with van der Waals surface area (Å²) in [4.78, 5) is 11.7. The van der Waals surface area contributed by atoms with Crippen molar-refractivity contribution in [1.29, 1.82) is 0 Å². The molecule has 0 saturated heterocycles. The molecule has 6 heteroatoms. The number of hydrogen-bond acceptors (Lipinski definition) is 5. The summed E-state index contributed by atoms with van der Waals surface area (Å²) in [6.45, 7) is 3.73. The van der Waals surface area contributed by atoms with Gasteiger partial charge in [0.05, 0.1) is 6.21 Å². The molecule has 2 aromatic rings. The second-order valence-corrected chi connectivity index (χ2v) is 5.02. The zero-order chi connectivity index (χ0) is 16.8. The zero-order valence-electron chi connectivity index (χ0n) is 12.9. The molecule has 0 fully saturated rings. The average Bonchev–Trinajstić information content (AvgIpc) is 2.51. The molecule has 0 heterocycles. The van der Waals surface area contributed by atoms with Gasteiger partial charge < -0.3 is 14.9 Å². The Morgan fingerprint density at radius 2 is 2.04 bits per heavy atom. The van der Waals surface area contributed by atoms with E-state index in [9.17, 15) is 15.0 Å². The van der Waals surface area contributed by atoms with Crippen LogP contribution in [0.25, 0.3) is 0 Å². The van der Waals surface area contributed by atoms with Gasteiger partial charge in [0.25, 0.3) is 5.91 Å². The van der Waals surface area contributed by atoms with Crippen LogP contribution in [0.4, 0.5) is 0 Å². The summed E-state index contributed by atoms with van der Waals surface area (Å²) in [5.74, 6) is 0.0565. The summed E-state index contributed by atoms with van der Waals surface area (Å²) >= 11 is 0. The van der Waals surface area contributed by atoms with E-state index in [1.807, 2.05) is 26.0 Å². The second kappa shape index (κ2) is 7.31. The quantitative estimate of drug-likeness (QED) is 0.583. The van der Waals surface area contributed by atoms with Crippen LogP contribution in [0.2, 0.25) is 0 Å². The number of hydrogen-bond donors (Lipinski definition) is 3. The molecule has 0 atom stereocenters. The number of carbonyl (C=O) groups is 1. The summed E-state index contributed by atoms with van der Waals surface area (Å²) in [6.07, 6.45) is 1.28. The minimum absolute atomic E-state index is 0.0504. The maximum Gasteiger partial charge on any atom is 0.277 e. The molecule has 0 aliphatic heterocycles. The summed E-state index contributed by atoms with van der Waals surface area (Å²) in [5, 5.41) is 22.5. The van der Waals surface area contributed by atoms with Crippen LogP contribution in [0.15, 0.2) is 41.5 Å². The molecular formula is C17H18N2O4. The molecule has 0 unspecified atom stereocenters. The first-order valence-electron chi connectivity index (χ1n) is 7.00. The van der Waals surface area contributed by atoms with Crippen molar-refractivity contribution in [2.75, 3.05) is 6.61 Å². The summed E-state index contributed by atoms with van der Waals surface area (Å²) < 4.78 is 5.45. The Morgan fingerprint density at radius 1 is 1.26 bits per heavy atom. The Balaban J connectivity index is 1.87. The third-order valence-corrected chi connectivity index (χ3v) is 3.32. The van der Waals surface area contributed by atoms with Crippen molar-refractivity contribution in [3.8, 4) is 17.2 Å². The van der Waals surface area contributed by atoms with Crippen molar-refractivity contribution in [2.45, 2.75) is 13.8 Å². The number of amides is 1. The Kier molecular flexibility index (Phi) is 5.19. The van der Waals surface area contributed by atoms with Gasteiger partial charge in [-0.1, -0.05) is 12.1 Å². The van der Waals surface area contributed by atoms with Crippen LogP contribution in [0, 0.1) is 13.8 Å². The van der Waals surface area contributed by atoms with E-state index in [1.54, 1.807) is 6.07 Å². The van der Waals surface area contributed by atoms with Gasteiger partial charge in [0, 0.05) is 11.6 Å². The van der Waals surface area contributed by atoms with E-state index in [0.717, 1.165) is 11.1 Å². The summed E-state index contributed by atoms with van der Waals surface area (Å²) in [7, 11) is 0. The van der Waals surface area contributed by atoms with E-state index >= 15 is 0 Å². The Hall–Kier alpha value is -3.02. The number of aryl methyl sites for hydroxylation is 1. The lowest BCUT2D eigenvalue weighted by Gasteiger charge is -2.09. The first-order chi connectivity index (χ1) is 11.0. The second-order valence-electron chi connectivity index (χ2n) is 5.02. The molecule has 2 aromatic carbocycles. The van der Waals surface area contributed by atoms with Crippen LogP contribution in [0.1, 0.15) is 16.7 Å². The van der Waals surface area contributed by atoms with Crippen LogP contribution in [0.3, 0.4) is 0 Å². The van der Waals surface area contributed by atoms with E-state index in [2.05, 4.69) is 10.5 Å². The number of phenols is 2. The SMILES string of the molecule is Cc1cccc(OCC(=O)N/N=C\c2ccc(O)cc2O)c1C. The van der Waals surface area contributed by atoms with E-state index in [-0.39, 0.29) is 18.1 Å². The lowest BCUT2D eigenvalue weighted by Crippen LogP contribution is -2.24. The zero-order valence-corrected chi connectivity index (χ0v) is 12.9. The van der Waals surface area contributed by atoms with Gasteiger partial charge >= 0.3 is 0 Å². The van der Waals surface area contributed by atoms with Gasteiger partial charge in [-0.15, -0.1) is 0 Å². The fourth-order valence-electron chi connectivity index (χ4n) is 1.87. The van der Waals surface area contributed by atoms with Crippen molar-refractivity contribution >= 4 is 12.1 Å². The smallest absolute Gasteiger partial charge is 0.277 e. The molecule has 3 N–H and O–H groups in total. The molecule has 1 amide bonds. The summed E-state index contributed by atoms with van der Waals surface area (Å²) in [5.41, 5.74) is 4.75. The lowest BCUT2D eigenvalue weighted by atomic mass is 10.1. The van der Waals surface area contributed by atoms with Crippen LogP contribution >= 0.6 is 0 Å². The van der Waals surface area contributed by atoms with Crippen LogP contribution in [0.5, 0.6) is 17.2 Å². The number of carbonyl (C=O) groups excluding carboxylic acids is 1. The molecular weight excluding hydrogens is 296 g/mol. The number of ether oxygens (including phenoxy) is 1. The number of hydrazone groups is 1. The van der Waals surface area contributed by atoms with E-state index in [4.69, 9.17) is 4.74 Å². The molecule has 6 nitrogen and oxygen atoms in total. The molecule has 0 aromatic heterocycles. The minimum atomic E-state index is -0.416. The third-order valence-electron chi connectivity index (χ3n) is 3.32. The van der Waals surface area contributed by atoms with Gasteiger partial charge in [-0.05, 0) is 43.2 Å². The largest absolute Gasteiger partial charge is 0.508 e. The van der Waals surface area contributed by atoms with Crippen molar-refractivity contribution in [2.24, 2.45) is 5.10 Å². The van der Waals surface area contributed by atoms with Gasteiger partial charge in [0.2, 0.25) is 0 Å². The Morgan fingerprint density at radius 3 is 2.78 bits per heavy atom. The van der Waals surface area contributed by atoms with Crippen LogP contribution in [-0.2, 0) is 4.79 Å². The van der Waals surface area contributed by atoms with E-state index < -0.39 is 5.91 Å². The molecule has 120 valence electrons. The van der Waals surface area contributed by atoms with Crippen molar-refractivity contribution in [3.05, 3.63) is 53.1 Å². The highest BCUT2D eigenvalue weighted by atomic mass is 16.5. The monoisotopic (exact) mass is 314 g/mol. The van der Waals surface area contributed by atoms with Gasteiger partial charge in [-0.2, -0.15) is 5.10 Å². The first kappa shape index (κ1) is 16.4. The molecule has 0 aliphatic carbocycles.